The monoisotopic (exact) mass is 351 g/mol. The van der Waals surface area contributed by atoms with Crippen molar-refractivity contribution in [1.82, 2.24) is 4.98 Å². The van der Waals surface area contributed by atoms with Gasteiger partial charge in [0.2, 0.25) is 14.2 Å². The minimum Gasteiger partial charge on any atom is -0.293 e. The molecule has 1 heterocycles. The standard InChI is InChI=1S/C15H10ClNO3S2/c16-11-7-5-10(6-8-11)13(18)9-22(19,20)15-17-12-3-1-2-4-14(12)21-15/h1-8H,9H2. The van der Waals surface area contributed by atoms with E-state index >= 15 is 0 Å². The highest BCUT2D eigenvalue weighted by atomic mass is 35.5. The Kier molecular flexibility index (Phi) is 3.99. The Morgan fingerprint density at radius 1 is 1.09 bits per heavy atom. The zero-order valence-corrected chi connectivity index (χ0v) is 13.6. The van der Waals surface area contributed by atoms with E-state index in [1.54, 1.807) is 30.3 Å². The van der Waals surface area contributed by atoms with Gasteiger partial charge in [0.15, 0.2) is 5.78 Å². The number of benzene rings is 2. The summed E-state index contributed by atoms with van der Waals surface area (Å²) in [5.41, 5.74) is 0.930. The molecule has 0 radical (unpaired) electrons. The van der Waals surface area contributed by atoms with E-state index in [1.807, 2.05) is 6.07 Å². The third-order valence-corrected chi connectivity index (χ3v) is 6.39. The van der Waals surface area contributed by atoms with Gasteiger partial charge in [-0.15, -0.1) is 11.3 Å². The molecular weight excluding hydrogens is 342 g/mol. The smallest absolute Gasteiger partial charge is 0.212 e. The summed E-state index contributed by atoms with van der Waals surface area (Å²) in [6, 6.07) is 13.3. The average Bonchev–Trinajstić information content (AvgIpc) is 2.92. The zero-order chi connectivity index (χ0) is 15.7. The van der Waals surface area contributed by atoms with Crippen LogP contribution in [0.3, 0.4) is 0 Å². The van der Waals surface area contributed by atoms with Gasteiger partial charge >= 0.3 is 0 Å². The van der Waals surface area contributed by atoms with Gasteiger partial charge in [0.05, 0.1) is 10.2 Å². The number of hydrogen-bond donors (Lipinski definition) is 0. The van der Waals surface area contributed by atoms with E-state index in [4.69, 9.17) is 11.6 Å². The Morgan fingerprint density at radius 3 is 2.45 bits per heavy atom. The van der Waals surface area contributed by atoms with E-state index in [0.29, 0.717) is 16.1 Å². The molecule has 0 aliphatic heterocycles. The Balaban J connectivity index is 1.89. The Morgan fingerprint density at radius 2 is 1.77 bits per heavy atom. The highest BCUT2D eigenvalue weighted by Gasteiger charge is 2.24. The first kappa shape index (κ1) is 15.1. The molecule has 0 aliphatic rings. The van der Waals surface area contributed by atoms with Crippen LogP contribution in [0.2, 0.25) is 5.02 Å². The number of ketones is 1. The van der Waals surface area contributed by atoms with Gasteiger partial charge in [0.1, 0.15) is 5.75 Å². The second-order valence-corrected chi connectivity index (χ2v) is 8.27. The van der Waals surface area contributed by atoms with Gasteiger partial charge in [0, 0.05) is 10.6 Å². The second-order valence-electron chi connectivity index (χ2n) is 4.64. The van der Waals surface area contributed by atoms with Crippen molar-refractivity contribution in [3.63, 3.8) is 0 Å². The molecule has 0 unspecified atom stereocenters. The maximum absolute atomic E-state index is 12.4. The van der Waals surface area contributed by atoms with Crippen molar-refractivity contribution >= 4 is 48.8 Å². The van der Waals surface area contributed by atoms with Crippen molar-refractivity contribution in [2.45, 2.75) is 4.34 Å². The highest BCUT2D eigenvalue weighted by Crippen LogP contribution is 2.26. The summed E-state index contributed by atoms with van der Waals surface area (Å²) in [6.45, 7) is 0. The highest BCUT2D eigenvalue weighted by molar-refractivity contribution is 7.94. The lowest BCUT2D eigenvalue weighted by Gasteiger charge is -2.01. The lowest BCUT2D eigenvalue weighted by atomic mass is 10.1. The molecule has 3 rings (SSSR count). The number of carbonyl (C=O) groups excluding carboxylic acids is 1. The topological polar surface area (TPSA) is 64.1 Å². The first-order chi connectivity index (χ1) is 10.5. The fourth-order valence-electron chi connectivity index (χ4n) is 1.94. The van der Waals surface area contributed by atoms with E-state index in [1.165, 1.54) is 12.1 Å². The molecule has 22 heavy (non-hydrogen) atoms. The average molecular weight is 352 g/mol. The van der Waals surface area contributed by atoms with E-state index in [2.05, 4.69) is 4.98 Å². The number of aromatic nitrogens is 1. The van der Waals surface area contributed by atoms with Crippen LogP contribution in [0.1, 0.15) is 10.4 Å². The van der Waals surface area contributed by atoms with Gasteiger partial charge in [0.25, 0.3) is 0 Å². The number of fused-ring (bicyclic) bond motifs is 1. The number of thiazole rings is 1. The van der Waals surface area contributed by atoms with E-state index < -0.39 is 21.4 Å². The summed E-state index contributed by atoms with van der Waals surface area (Å²) in [5, 5.41) is 0.491. The normalized spacial score (nSPS) is 11.7. The van der Waals surface area contributed by atoms with Crippen LogP contribution in [0, 0.1) is 0 Å². The number of carbonyl (C=O) groups is 1. The summed E-state index contributed by atoms with van der Waals surface area (Å²) in [6.07, 6.45) is 0. The molecule has 4 nitrogen and oxygen atoms in total. The third kappa shape index (κ3) is 3.04. The molecule has 0 N–H and O–H groups in total. The van der Waals surface area contributed by atoms with Crippen molar-refractivity contribution in [3.05, 3.63) is 59.1 Å². The lowest BCUT2D eigenvalue weighted by molar-refractivity contribution is 0.102. The predicted molar refractivity (Wildman–Crippen MR) is 87.5 cm³/mol. The summed E-state index contributed by atoms with van der Waals surface area (Å²) >= 11 is 6.82. The Hall–Kier alpha value is -1.76. The predicted octanol–water partition coefficient (Wildman–Crippen LogP) is 3.61. The van der Waals surface area contributed by atoms with Crippen molar-refractivity contribution in [2.24, 2.45) is 0 Å². The fraction of sp³-hybridized carbons (Fsp3) is 0.0667. The molecule has 0 atom stereocenters. The number of hydrogen-bond acceptors (Lipinski definition) is 5. The van der Waals surface area contributed by atoms with Gasteiger partial charge in [-0.25, -0.2) is 13.4 Å². The third-order valence-electron chi connectivity index (χ3n) is 3.03. The van der Waals surface area contributed by atoms with Crippen molar-refractivity contribution in [3.8, 4) is 0 Å². The molecule has 0 saturated heterocycles. The van der Waals surface area contributed by atoms with Gasteiger partial charge in [-0.05, 0) is 36.4 Å². The molecule has 0 bridgehead atoms. The van der Waals surface area contributed by atoms with Crippen molar-refractivity contribution in [1.29, 1.82) is 0 Å². The molecule has 0 amide bonds. The summed E-state index contributed by atoms with van der Waals surface area (Å²) < 4.78 is 25.5. The minimum absolute atomic E-state index is 0.0315. The van der Waals surface area contributed by atoms with Gasteiger partial charge in [-0.2, -0.15) is 0 Å². The van der Waals surface area contributed by atoms with Gasteiger partial charge in [-0.1, -0.05) is 23.7 Å². The number of sulfone groups is 1. The Bertz CT molecular complexity index is 913. The van der Waals surface area contributed by atoms with Crippen LogP contribution in [0.5, 0.6) is 0 Å². The maximum atomic E-state index is 12.4. The van der Waals surface area contributed by atoms with Crippen molar-refractivity contribution in [2.75, 3.05) is 5.75 Å². The van der Waals surface area contributed by atoms with Crippen LogP contribution < -0.4 is 0 Å². The second kappa shape index (κ2) is 5.79. The molecule has 112 valence electrons. The summed E-state index contributed by atoms with van der Waals surface area (Å²) in [7, 11) is -3.75. The zero-order valence-electron chi connectivity index (χ0n) is 11.2. The number of rotatable bonds is 4. The van der Waals surface area contributed by atoms with Crippen LogP contribution in [0.25, 0.3) is 10.2 Å². The number of halogens is 1. The molecule has 0 saturated carbocycles. The summed E-state index contributed by atoms with van der Waals surface area (Å²) in [4.78, 5) is 16.2. The van der Waals surface area contributed by atoms with Gasteiger partial charge < -0.3 is 0 Å². The van der Waals surface area contributed by atoms with Crippen LogP contribution in [-0.2, 0) is 9.84 Å². The first-order valence-electron chi connectivity index (χ1n) is 6.33. The van der Waals surface area contributed by atoms with Crippen molar-refractivity contribution < 1.29 is 13.2 Å². The van der Waals surface area contributed by atoms with Gasteiger partial charge in [-0.3, -0.25) is 4.79 Å². The van der Waals surface area contributed by atoms with E-state index in [-0.39, 0.29) is 4.34 Å². The molecule has 0 fully saturated rings. The molecular formula is C15H10ClNO3S2. The molecule has 2 aromatic carbocycles. The first-order valence-corrected chi connectivity index (χ1v) is 9.17. The Labute approximate surface area is 136 Å². The largest absolute Gasteiger partial charge is 0.293 e. The number of nitrogens with zero attached hydrogens (tertiary/aromatic N) is 1. The quantitative estimate of drug-likeness (QED) is 0.673. The van der Waals surface area contributed by atoms with Crippen LogP contribution in [0.15, 0.2) is 52.9 Å². The van der Waals surface area contributed by atoms with Crippen LogP contribution >= 0.6 is 22.9 Å². The fourth-order valence-corrected chi connectivity index (χ4v) is 4.59. The molecule has 3 aromatic rings. The van der Waals surface area contributed by atoms with E-state index in [0.717, 1.165) is 16.0 Å². The molecule has 1 aromatic heterocycles. The molecule has 0 aliphatic carbocycles. The number of Topliss-reactive ketones (excluding diaryl/α,β-unsaturated/α-hetero) is 1. The molecule has 0 spiro atoms. The van der Waals surface area contributed by atoms with E-state index in [9.17, 15) is 13.2 Å². The molecule has 7 heteroatoms. The van der Waals surface area contributed by atoms with Crippen LogP contribution in [-0.4, -0.2) is 24.9 Å². The minimum atomic E-state index is -3.75. The SMILES string of the molecule is O=C(CS(=O)(=O)c1nc2ccccc2s1)c1ccc(Cl)cc1. The maximum Gasteiger partial charge on any atom is 0.212 e. The summed E-state index contributed by atoms with van der Waals surface area (Å²) in [5.74, 6) is -1.08. The van der Waals surface area contributed by atoms with Crippen LogP contribution in [0.4, 0.5) is 0 Å². The number of para-hydroxylation sites is 1. The lowest BCUT2D eigenvalue weighted by Crippen LogP contribution is -2.16.